The molecule has 0 saturated carbocycles. The van der Waals surface area contributed by atoms with Crippen LogP contribution in [-0.2, 0) is 0 Å². The number of nitrogens with two attached hydrogens (primary N) is 1. The molecule has 0 spiro atoms. The maximum absolute atomic E-state index is 5.66. The number of benzene rings is 2. The first kappa shape index (κ1) is 11.5. The lowest BCUT2D eigenvalue weighted by Gasteiger charge is -2.00. The van der Waals surface area contributed by atoms with Crippen LogP contribution in [0.15, 0.2) is 65.1 Å². The van der Waals surface area contributed by atoms with Crippen LogP contribution < -0.4 is 11.3 Å². The third-order valence-corrected chi connectivity index (χ3v) is 2.83. The van der Waals surface area contributed by atoms with Crippen molar-refractivity contribution in [1.82, 2.24) is 4.98 Å². The fourth-order valence-electron chi connectivity index (χ4n) is 1.96. The van der Waals surface area contributed by atoms with E-state index in [2.05, 4.69) is 10.4 Å². The van der Waals surface area contributed by atoms with E-state index < -0.39 is 0 Å². The zero-order valence-corrected chi connectivity index (χ0v) is 10.2. The number of aromatic nitrogens is 1. The summed E-state index contributed by atoms with van der Waals surface area (Å²) in [7, 11) is 0. The molecule has 3 rings (SSSR count). The van der Waals surface area contributed by atoms with Gasteiger partial charge < -0.3 is 4.42 Å². The average molecular weight is 251 g/mol. The minimum Gasteiger partial charge on any atom is -0.422 e. The fraction of sp³-hybridized carbons (Fsp3) is 0. The molecule has 4 heteroatoms. The topological polar surface area (TPSA) is 64.1 Å². The Morgan fingerprint density at radius 2 is 1.42 bits per heavy atom. The van der Waals surface area contributed by atoms with E-state index in [9.17, 15) is 0 Å². The number of hydrazine groups is 1. The van der Waals surface area contributed by atoms with Crippen LogP contribution in [0, 0.1) is 0 Å². The molecule has 0 radical (unpaired) electrons. The number of oxazole rings is 1. The van der Waals surface area contributed by atoms with Crippen molar-refractivity contribution < 1.29 is 4.42 Å². The number of nitrogens with zero attached hydrogens (tertiary/aromatic N) is 1. The van der Waals surface area contributed by atoms with Crippen LogP contribution >= 0.6 is 0 Å². The van der Waals surface area contributed by atoms with Crippen molar-refractivity contribution in [2.45, 2.75) is 0 Å². The zero-order valence-electron chi connectivity index (χ0n) is 10.2. The van der Waals surface area contributed by atoms with E-state index in [0.717, 1.165) is 16.8 Å². The summed E-state index contributed by atoms with van der Waals surface area (Å²) in [6.45, 7) is 0. The Bertz CT molecular complexity index is 605. The first-order valence-electron chi connectivity index (χ1n) is 5.97. The van der Waals surface area contributed by atoms with Crippen LogP contribution in [0.5, 0.6) is 0 Å². The van der Waals surface area contributed by atoms with Crippen LogP contribution in [0.3, 0.4) is 0 Å². The Labute approximate surface area is 110 Å². The van der Waals surface area contributed by atoms with Crippen LogP contribution in [-0.4, -0.2) is 4.98 Å². The minimum atomic E-state index is 0.303. The van der Waals surface area contributed by atoms with Crippen molar-refractivity contribution in [2.75, 3.05) is 5.43 Å². The summed E-state index contributed by atoms with van der Waals surface area (Å²) in [6, 6.07) is 20.0. The molecule has 1 heterocycles. The van der Waals surface area contributed by atoms with Crippen molar-refractivity contribution in [3.63, 3.8) is 0 Å². The molecule has 0 unspecified atom stereocenters. The Hall–Kier alpha value is -2.59. The lowest BCUT2D eigenvalue weighted by molar-refractivity contribution is 0.587. The SMILES string of the molecule is NNc1nc(-c2ccccc2)c(-c2ccccc2)o1. The molecular weight excluding hydrogens is 238 g/mol. The van der Waals surface area contributed by atoms with Crippen LogP contribution in [0.2, 0.25) is 0 Å². The molecular formula is C15H13N3O. The van der Waals surface area contributed by atoms with E-state index >= 15 is 0 Å². The number of rotatable bonds is 3. The van der Waals surface area contributed by atoms with Crippen LogP contribution in [0.25, 0.3) is 22.6 Å². The number of hydrogen-bond donors (Lipinski definition) is 2. The molecule has 0 fully saturated rings. The van der Waals surface area contributed by atoms with E-state index in [4.69, 9.17) is 10.3 Å². The molecule has 0 amide bonds. The summed E-state index contributed by atoms with van der Waals surface area (Å²) in [5.41, 5.74) is 5.19. The van der Waals surface area contributed by atoms with Gasteiger partial charge in [-0.05, 0) is 0 Å². The lowest BCUT2D eigenvalue weighted by Crippen LogP contribution is -2.06. The quantitative estimate of drug-likeness (QED) is 0.553. The molecule has 2 aromatic carbocycles. The van der Waals surface area contributed by atoms with Crippen molar-refractivity contribution in [1.29, 1.82) is 0 Å². The Kier molecular flexibility index (Phi) is 3.00. The van der Waals surface area contributed by atoms with E-state index in [0.29, 0.717) is 11.8 Å². The number of anilines is 1. The maximum Gasteiger partial charge on any atom is 0.310 e. The summed E-state index contributed by atoms with van der Waals surface area (Å²) in [4.78, 5) is 4.37. The van der Waals surface area contributed by atoms with Crippen LogP contribution in [0.1, 0.15) is 0 Å². The molecule has 0 aliphatic carbocycles. The fourth-order valence-corrected chi connectivity index (χ4v) is 1.96. The summed E-state index contributed by atoms with van der Waals surface area (Å²) < 4.78 is 5.66. The third kappa shape index (κ3) is 2.21. The molecule has 0 saturated heterocycles. The summed E-state index contributed by atoms with van der Waals surface area (Å²) in [5.74, 6) is 6.09. The predicted molar refractivity (Wildman–Crippen MR) is 75.2 cm³/mol. The largest absolute Gasteiger partial charge is 0.422 e. The Morgan fingerprint density at radius 3 is 2.00 bits per heavy atom. The van der Waals surface area contributed by atoms with Gasteiger partial charge in [0.05, 0.1) is 0 Å². The lowest BCUT2D eigenvalue weighted by atomic mass is 10.1. The van der Waals surface area contributed by atoms with Crippen molar-refractivity contribution in [2.24, 2.45) is 5.84 Å². The molecule has 0 bridgehead atoms. The monoisotopic (exact) mass is 251 g/mol. The predicted octanol–water partition coefficient (Wildman–Crippen LogP) is 3.29. The molecule has 0 atom stereocenters. The first-order valence-corrected chi connectivity index (χ1v) is 5.97. The van der Waals surface area contributed by atoms with Gasteiger partial charge >= 0.3 is 6.01 Å². The second kappa shape index (κ2) is 4.96. The highest BCUT2D eigenvalue weighted by molar-refractivity contribution is 5.77. The normalized spacial score (nSPS) is 10.4. The molecule has 3 N–H and O–H groups in total. The third-order valence-electron chi connectivity index (χ3n) is 2.83. The van der Waals surface area contributed by atoms with Crippen LogP contribution in [0.4, 0.5) is 6.01 Å². The van der Waals surface area contributed by atoms with Gasteiger partial charge in [-0.2, -0.15) is 4.98 Å². The van der Waals surface area contributed by atoms with E-state index in [1.165, 1.54) is 0 Å². The molecule has 19 heavy (non-hydrogen) atoms. The number of hydrogen-bond acceptors (Lipinski definition) is 4. The van der Waals surface area contributed by atoms with Crippen molar-refractivity contribution >= 4 is 6.01 Å². The molecule has 4 nitrogen and oxygen atoms in total. The smallest absolute Gasteiger partial charge is 0.310 e. The molecule has 0 aliphatic heterocycles. The van der Waals surface area contributed by atoms with Crippen molar-refractivity contribution in [3.05, 3.63) is 60.7 Å². The van der Waals surface area contributed by atoms with Gasteiger partial charge in [-0.3, -0.25) is 5.43 Å². The summed E-state index contributed by atoms with van der Waals surface area (Å²) in [6.07, 6.45) is 0. The Balaban J connectivity index is 2.17. The van der Waals surface area contributed by atoms with E-state index in [-0.39, 0.29) is 0 Å². The van der Waals surface area contributed by atoms with Gasteiger partial charge in [0.2, 0.25) is 0 Å². The Morgan fingerprint density at radius 1 is 0.842 bits per heavy atom. The first-order chi connectivity index (χ1) is 9.38. The molecule has 94 valence electrons. The average Bonchev–Trinajstić information content (AvgIpc) is 2.93. The van der Waals surface area contributed by atoms with Gasteiger partial charge in [0.15, 0.2) is 5.76 Å². The summed E-state index contributed by atoms with van der Waals surface area (Å²) >= 11 is 0. The standard InChI is InChI=1S/C15H13N3O/c16-18-15-17-13(11-7-3-1-4-8-11)14(19-15)12-9-5-2-6-10-12/h1-10H,16H2,(H,17,18). The highest BCUT2D eigenvalue weighted by atomic mass is 16.4. The van der Waals surface area contributed by atoms with Gasteiger partial charge in [0.25, 0.3) is 0 Å². The van der Waals surface area contributed by atoms with Gasteiger partial charge in [0.1, 0.15) is 5.69 Å². The van der Waals surface area contributed by atoms with Gasteiger partial charge in [-0.25, -0.2) is 5.84 Å². The maximum atomic E-state index is 5.66. The number of nitrogen functional groups attached to an aromatic ring is 1. The van der Waals surface area contributed by atoms with Gasteiger partial charge in [-0.1, -0.05) is 60.7 Å². The second-order valence-electron chi connectivity index (χ2n) is 4.07. The minimum absolute atomic E-state index is 0.303. The van der Waals surface area contributed by atoms with E-state index in [1.54, 1.807) is 0 Å². The van der Waals surface area contributed by atoms with E-state index in [1.807, 2.05) is 60.7 Å². The molecule has 0 aliphatic rings. The second-order valence-corrected chi connectivity index (χ2v) is 4.07. The number of nitrogens with one attached hydrogen (secondary N) is 1. The van der Waals surface area contributed by atoms with Gasteiger partial charge in [-0.15, -0.1) is 0 Å². The van der Waals surface area contributed by atoms with Gasteiger partial charge in [0, 0.05) is 11.1 Å². The molecule has 1 aromatic heterocycles. The molecule has 3 aromatic rings. The highest BCUT2D eigenvalue weighted by Gasteiger charge is 2.15. The summed E-state index contributed by atoms with van der Waals surface area (Å²) in [5, 5.41) is 0. The zero-order chi connectivity index (χ0) is 13.1. The highest BCUT2D eigenvalue weighted by Crippen LogP contribution is 2.33. The van der Waals surface area contributed by atoms with Crippen molar-refractivity contribution in [3.8, 4) is 22.6 Å².